The summed E-state index contributed by atoms with van der Waals surface area (Å²) in [7, 11) is 0. The van der Waals surface area contributed by atoms with Crippen LogP contribution in [0.15, 0.2) is 42.5 Å². The molecule has 0 saturated heterocycles. The standard InChI is InChI=1S/C13H10N4O6/c18-12-7-10(17(22)23)5-6-11(12)15-13(19)14-8-1-3-9(4-2-8)16(20)21/h1-7,18H,(H2,14,15,19). The molecule has 23 heavy (non-hydrogen) atoms. The number of nitro groups is 2. The molecule has 2 rings (SSSR count). The molecule has 2 aromatic rings. The van der Waals surface area contributed by atoms with E-state index in [1.807, 2.05) is 0 Å². The Morgan fingerprint density at radius 2 is 1.48 bits per heavy atom. The first-order valence-electron chi connectivity index (χ1n) is 6.16. The van der Waals surface area contributed by atoms with Gasteiger partial charge in [0, 0.05) is 23.9 Å². The van der Waals surface area contributed by atoms with Crippen molar-refractivity contribution in [2.24, 2.45) is 0 Å². The van der Waals surface area contributed by atoms with Gasteiger partial charge in [-0.05, 0) is 18.2 Å². The van der Waals surface area contributed by atoms with E-state index in [-0.39, 0.29) is 17.1 Å². The normalized spacial score (nSPS) is 9.91. The second-order valence-electron chi connectivity index (χ2n) is 4.34. The molecule has 0 radical (unpaired) electrons. The Balaban J connectivity index is 2.04. The second kappa shape index (κ2) is 6.39. The Morgan fingerprint density at radius 1 is 0.913 bits per heavy atom. The maximum absolute atomic E-state index is 11.8. The fourth-order valence-corrected chi connectivity index (χ4v) is 1.69. The van der Waals surface area contributed by atoms with E-state index in [2.05, 4.69) is 10.6 Å². The predicted octanol–water partition coefficient (Wildman–Crippen LogP) is 2.85. The Kier molecular flexibility index (Phi) is 4.36. The Morgan fingerprint density at radius 3 is 2.00 bits per heavy atom. The zero-order valence-corrected chi connectivity index (χ0v) is 11.4. The van der Waals surface area contributed by atoms with Gasteiger partial charge in [0.25, 0.3) is 11.4 Å². The highest BCUT2D eigenvalue weighted by Gasteiger charge is 2.12. The molecule has 0 heterocycles. The van der Waals surface area contributed by atoms with Gasteiger partial charge >= 0.3 is 6.03 Å². The molecule has 10 heteroatoms. The number of nitrogens with one attached hydrogen (secondary N) is 2. The van der Waals surface area contributed by atoms with Crippen molar-refractivity contribution in [2.75, 3.05) is 10.6 Å². The number of nitro benzene ring substituents is 2. The minimum absolute atomic E-state index is 0.0185. The molecular weight excluding hydrogens is 308 g/mol. The number of urea groups is 1. The maximum atomic E-state index is 11.8. The fraction of sp³-hybridized carbons (Fsp3) is 0. The first-order valence-corrected chi connectivity index (χ1v) is 6.16. The summed E-state index contributed by atoms with van der Waals surface area (Å²) in [5.74, 6) is -0.460. The molecule has 0 atom stereocenters. The van der Waals surface area contributed by atoms with Crippen molar-refractivity contribution >= 4 is 28.8 Å². The van der Waals surface area contributed by atoms with Crippen LogP contribution in [0.2, 0.25) is 0 Å². The molecule has 118 valence electrons. The van der Waals surface area contributed by atoms with Gasteiger partial charge in [0.05, 0.1) is 21.6 Å². The molecule has 0 fully saturated rings. The minimum Gasteiger partial charge on any atom is -0.506 e. The summed E-state index contributed by atoms with van der Waals surface area (Å²) in [5, 5.41) is 35.4. The van der Waals surface area contributed by atoms with Crippen molar-refractivity contribution < 1.29 is 19.7 Å². The highest BCUT2D eigenvalue weighted by Crippen LogP contribution is 2.28. The van der Waals surface area contributed by atoms with Crippen molar-refractivity contribution in [3.05, 3.63) is 62.7 Å². The highest BCUT2D eigenvalue weighted by atomic mass is 16.6. The molecule has 0 aliphatic heterocycles. The Bertz CT molecular complexity index is 775. The predicted molar refractivity (Wildman–Crippen MR) is 80.5 cm³/mol. The molecule has 0 saturated carbocycles. The summed E-state index contributed by atoms with van der Waals surface area (Å²) in [5.41, 5.74) is -0.155. The third-order valence-electron chi connectivity index (χ3n) is 2.78. The number of aromatic hydroxyl groups is 1. The van der Waals surface area contributed by atoms with Gasteiger partial charge in [0.15, 0.2) is 0 Å². The van der Waals surface area contributed by atoms with Crippen molar-refractivity contribution in [3.63, 3.8) is 0 Å². The van der Waals surface area contributed by atoms with Crippen LogP contribution in [0.1, 0.15) is 0 Å². The zero-order chi connectivity index (χ0) is 17.0. The van der Waals surface area contributed by atoms with Crippen molar-refractivity contribution in [1.82, 2.24) is 0 Å². The molecule has 0 spiro atoms. The van der Waals surface area contributed by atoms with Gasteiger partial charge < -0.3 is 15.7 Å². The first kappa shape index (κ1) is 15.7. The summed E-state index contributed by atoms with van der Waals surface area (Å²) < 4.78 is 0. The number of carbonyl (C=O) groups is 1. The molecule has 10 nitrogen and oxygen atoms in total. The third kappa shape index (κ3) is 3.91. The van der Waals surface area contributed by atoms with E-state index in [4.69, 9.17) is 0 Å². The lowest BCUT2D eigenvalue weighted by atomic mass is 10.2. The number of carbonyl (C=O) groups excluding carboxylic acids is 1. The van der Waals surface area contributed by atoms with E-state index >= 15 is 0 Å². The zero-order valence-electron chi connectivity index (χ0n) is 11.4. The largest absolute Gasteiger partial charge is 0.506 e. The number of benzene rings is 2. The average molecular weight is 318 g/mol. The fourth-order valence-electron chi connectivity index (χ4n) is 1.69. The van der Waals surface area contributed by atoms with Crippen LogP contribution in [0.3, 0.4) is 0 Å². The van der Waals surface area contributed by atoms with Gasteiger partial charge in [0.2, 0.25) is 0 Å². The molecule has 2 aromatic carbocycles. The second-order valence-corrected chi connectivity index (χ2v) is 4.34. The quantitative estimate of drug-likeness (QED) is 0.448. The van der Waals surface area contributed by atoms with E-state index < -0.39 is 21.6 Å². The summed E-state index contributed by atoms with van der Waals surface area (Å²) in [6.07, 6.45) is 0. The Hall–Kier alpha value is -3.69. The van der Waals surface area contributed by atoms with Crippen LogP contribution in [0.5, 0.6) is 5.75 Å². The number of phenolic OH excluding ortho intramolecular Hbond substituents is 1. The molecular formula is C13H10N4O6. The van der Waals surface area contributed by atoms with Gasteiger partial charge in [0.1, 0.15) is 5.75 Å². The lowest BCUT2D eigenvalue weighted by Crippen LogP contribution is -2.19. The van der Waals surface area contributed by atoms with Crippen LogP contribution >= 0.6 is 0 Å². The van der Waals surface area contributed by atoms with E-state index in [0.29, 0.717) is 5.69 Å². The number of rotatable bonds is 4. The highest BCUT2D eigenvalue weighted by molar-refractivity contribution is 6.00. The first-order chi connectivity index (χ1) is 10.9. The van der Waals surface area contributed by atoms with Crippen LogP contribution < -0.4 is 10.6 Å². The lowest BCUT2D eigenvalue weighted by Gasteiger charge is -2.08. The average Bonchev–Trinajstić information content (AvgIpc) is 2.49. The lowest BCUT2D eigenvalue weighted by molar-refractivity contribution is -0.385. The molecule has 3 N–H and O–H groups in total. The van der Waals surface area contributed by atoms with Gasteiger partial charge in [-0.1, -0.05) is 0 Å². The molecule has 0 bridgehead atoms. The van der Waals surface area contributed by atoms with Gasteiger partial charge in [-0.15, -0.1) is 0 Å². The topological polar surface area (TPSA) is 148 Å². The van der Waals surface area contributed by atoms with Gasteiger partial charge in [-0.3, -0.25) is 20.2 Å². The molecule has 0 aliphatic carbocycles. The summed E-state index contributed by atoms with van der Waals surface area (Å²) in [4.78, 5) is 31.6. The number of hydrogen-bond acceptors (Lipinski definition) is 6. The number of amides is 2. The minimum atomic E-state index is -0.719. The Labute approximate surface area is 128 Å². The van der Waals surface area contributed by atoms with Crippen molar-refractivity contribution in [3.8, 4) is 5.75 Å². The summed E-state index contributed by atoms with van der Waals surface area (Å²) in [6, 6.07) is 7.62. The van der Waals surface area contributed by atoms with Crippen molar-refractivity contribution in [1.29, 1.82) is 0 Å². The van der Waals surface area contributed by atoms with Gasteiger partial charge in [-0.25, -0.2) is 4.79 Å². The number of hydrogen-bond donors (Lipinski definition) is 3. The SMILES string of the molecule is O=C(Nc1ccc([N+](=O)[O-])cc1)Nc1ccc([N+](=O)[O-])cc1O. The number of nitrogens with zero attached hydrogens (tertiary/aromatic N) is 2. The van der Waals surface area contributed by atoms with E-state index in [9.17, 15) is 30.1 Å². The molecule has 0 aliphatic rings. The maximum Gasteiger partial charge on any atom is 0.323 e. The number of anilines is 2. The number of non-ortho nitro benzene ring substituents is 2. The van der Waals surface area contributed by atoms with Crippen LogP contribution in [0.4, 0.5) is 27.5 Å². The van der Waals surface area contributed by atoms with Crippen LogP contribution in [0.25, 0.3) is 0 Å². The van der Waals surface area contributed by atoms with E-state index in [1.54, 1.807) is 0 Å². The molecule has 2 amide bonds. The van der Waals surface area contributed by atoms with Crippen LogP contribution in [-0.4, -0.2) is 21.0 Å². The molecule has 0 aromatic heterocycles. The van der Waals surface area contributed by atoms with Crippen molar-refractivity contribution in [2.45, 2.75) is 0 Å². The third-order valence-corrected chi connectivity index (χ3v) is 2.78. The van der Waals surface area contributed by atoms with Crippen LogP contribution in [-0.2, 0) is 0 Å². The van der Waals surface area contributed by atoms with Crippen LogP contribution in [0, 0.1) is 20.2 Å². The smallest absolute Gasteiger partial charge is 0.323 e. The van der Waals surface area contributed by atoms with E-state index in [1.165, 1.54) is 30.3 Å². The van der Waals surface area contributed by atoms with Gasteiger partial charge in [-0.2, -0.15) is 0 Å². The number of phenols is 1. The monoisotopic (exact) mass is 318 g/mol. The summed E-state index contributed by atoms with van der Waals surface area (Å²) in [6.45, 7) is 0. The van der Waals surface area contributed by atoms with E-state index in [0.717, 1.165) is 12.1 Å². The molecule has 0 unspecified atom stereocenters. The summed E-state index contributed by atoms with van der Waals surface area (Å²) >= 11 is 0.